The number of amides is 1. The number of hydrogen-bond donors (Lipinski definition) is 1. The molecule has 0 aromatic heterocycles. The number of hydrogen-bond acceptors (Lipinski definition) is 3. The van der Waals surface area contributed by atoms with Crippen molar-refractivity contribution >= 4 is 28.6 Å². The van der Waals surface area contributed by atoms with E-state index in [1.54, 1.807) is 7.11 Å². The Balaban J connectivity index is 1.40. The maximum Gasteiger partial charge on any atom is 0.409 e. The molecule has 4 nitrogen and oxygen atoms in total. The number of ether oxygens (including phenoxy) is 1. The number of methoxy groups -OCH3 is 1. The van der Waals surface area contributed by atoms with Crippen LogP contribution in [0.15, 0.2) is 102 Å². The normalized spacial score (nSPS) is 19.9. The molecule has 0 bridgehead atoms. The van der Waals surface area contributed by atoms with Gasteiger partial charge in [-0.25, -0.2) is 4.79 Å². The molecule has 5 rings (SSSR count). The van der Waals surface area contributed by atoms with Gasteiger partial charge in [0.2, 0.25) is 0 Å². The van der Waals surface area contributed by atoms with E-state index < -0.39 is 12.3 Å². The van der Waals surface area contributed by atoms with Crippen molar-refractivity contribution in [2.45, 2.75) is 35.8 Å². The van der Waals surface area contributed by atoms with Crippen LogP contribution in [0.5, 0.6) is 0 Å². The van der Waals surface area contributed by atoms with Gasteiger partial charge in [0.15, 0.2) is 0 Å². The number of carboxylic acid groups (broad SMARTS) is 1. The Kier molecular flexibility index (Phi) is 7.59. The van der Waals surface area contributed by atoms with Crippen molar-refractivity contribution in [3.8, 4) is 0 Å². The summed E-state index contributed by atoms with van der Waals surface area (Å²) in [6.07, 6.45) is 0.292. The zero-order valence-electron chi connectivity index (χ0n) is 20.4. The highest BCUT2D eigenvalue weighted by Crippen LogP contribution is 2.44. The van der Waals surface area contributed by atoms with E-state index in [2.05, 4.69) is 78.9 Å². The third-order valence-electron chi connectivity index (χ3n) is 7.19. The van der Waals surface area contributed by atoms with Gasteiger partial charge in [-0.05, 0) is 58.4 Å². The molecule has 4 aromatic carbocycles. The molecule has 1 fully saturated rings. The van der Waals surface area contributed by atoms with Crippen LogP contribution in [-0.2, 0) is 11.2 Å². The fraction of sp³-hybridized carbons (Fsp3) is 0.258. The van der Waals surface area contributed by atoms with Crippen LogP contribution < -0.4 is 0 Å². The van der Waals surface area contributed by atoms with Crippen molar-refractivity contribution < 1.29 is 14.6 Å². The second-order valence-corrected chi connectivity index (χ2v) is 10.5. The smallest absolute Gasteiger partial charge is 0.409 e. The first-order valence-corrected chi connectivity index (χ1v) is 13.4. The predicted octanol–water partition coefficient (Wildman–Crippen LogP) is 7.40. The Morgan fingerprint density at radius 1 is 0.917 bits per heavy atom. The molecule has 3 atom stereocenters. The average molecular weight is 498 g/mol. The Morgan fingerprint density at radius 2 is 1.61 bits per heavy atom. The van der Waals surface area contributed by atoms with Crippen LogP contribution in [0.25, 0.3) is 10.8 Å². The van der Waals surface area contributed by atoms with Crippen molar-refractivity contribution in [2.75, 3.05) is 19.4 Å². The minimum atomic E-state index is -0.933. The summed E-state index contributed by atoms with van der Waals surface area (Å²) in [5, 5.41) is 12.2. The van der Waals surface area contributed by atoms with Crippen molar-refractivity contribution in [3.63, 3.8) is 0 Å². The lowest BCUT2D eigenvalue weighted by Crippen LogP contribution is -2.50. The molecule has 1 heterocycles. The molecule has 1 saturated heterocycles. The van der Waals surface area contributed by atoms with E-state index in [0.29, 0.717) is 6.54 Å². The topological polar surface area (TPSA) is 49.8 Å². The number of aryl methyl sites for hydroxylation is 1. The maximum atomic E-state index is 12.0. The first-order valence-electron chi connectivity index (χ1n) is 12.4. The van der Waals surface area contributed by atoms with E-state index in [9.17, 15) is 9.90 Å². The van der Waals surface area contributed by atoms with E-state index in [1.807, 2.05) is 30.0 Å². The fourth-order valence-corrected chi connectivity index (χ4v) is 6.30. The number of thioether (sulfide) groups is 1. The number of benzene rings is 4. The minimum absolute atomic E-state index is 0.0936. The van der Waals surface area contributed by atoms with Gasteiger partial charge >= 0.3 is 6.09 Å². The second-order valence-electron chi connectivity index (χ2n) is 9.28. The van der Waals surface area contributed by atoms with Crippen LogP contribution in [0.2, 0.25) is 0 Å². The molecule has 1 amide bonds. The Bertz CT molecular complexity index is 1310. The summed E-state index contributed by atoms with van der Waals surface area (Å²) in [4.78, 5) is 14.8. The van der Waals surface area contributed by atoms with Gasteiger partial charge in [-0.1, -0.05) is 84.9 Å². The van der Waals surface area contributed by atoms with Crippen LogP contribution in [0.1, 0.15) is 34.9 Å². The molecule has 0 radical (unpaired) electrons. The van der Waals surface area contributed by atoms with E-state index in [0.717, 1.165) is 29.5 Å². The van der Waals surface area contributed by atoms with Crippen LogP contribution in [-0.4, -0.2) is 41.7 Å². The Hall–Kier alpha value is -3.28. The number of likely N-dealkylation sites (tertiary alicyclic amines) is 1. The van der Waals surface area contributed by atoms with Crippen molar-refractivity contribution in [1.82, 2.24) is 4.90 Å². The van der Waals surface area contributed by atoms with Gasteiger partial charge in [0.1, 0.15) is 6.23 Å². The molecule has 36 heavy (non-hydrogen) atoms. The summed E-state index contributed by atoms with van der Waals surface area (Å²) in [6, 6.07) is 34.1. The second kappa shape index (κ2) is 11.2. The summed E-state index contributed by atoms with van der Waals surface area (Å²) >= 11 is 1.87. The largest absolute Gasteiger partial charge is 0.465 e. The molecule has 184 valence electrons. The molecule has 3 unspecified atom stereocenters. The summed E-state index contributed by atoms with van der Waals surface area (Å²) in [6.45, 7) is 0.456. The summed E-state index contributed by atoms with van der Waals surface area (Å²) in [5.74, 6) is 1.11. The van der Waals surface area contributed by atoms with Crippen LogP contribution >= 0.6 is 11.8 Å². The quantitative estimate of drug-likeness (QED) is 0.270. The van der Waals surface area contributed by atoms with Crippen molar-refractivity contribution in [1.29, 1.82) is 0 Å². The van der Waals surface area contributed by atoms with E-state index in [-0.39, 0.29) is 11.8 Å². The zero-order valence-corrected chi connectivity index (χ0v) is 21.2. The lowest BCUT2D eigenvalue weighted by molar-refractivity contribution is -0.0626. The van der Waals surface area contributed by atoms with Crippen LogP contribution in [0, 0.1) is 0 Å². The average Bonchev–Trinajstić information content (AvgIpc) is 2.93. The summed E-state index contributed by atoms with van der Waals surface area (Å²) < 4.78 is 5.86. The molecular formula is C31H31NO3S. The van der Waals surface area contributed by atoms with Gasteiger partial charge in [-0.3, -0.25) is 4.90 Å². The number of carbonyl (C=O) groups is 1. The molecule has 1 aliphatic rings. The first-order chi connectivity index (χ1) is 17.6. The highest BCUT2D eigenvalue weighted by molar-refractivity contribution is 7.99. The Morgan fingerprint density at radius 3 is 2.33 bits per heavy atom. The summed E-state index contributed by atoms with van der Waals surface area (Å²) in [7, 11) is 1.62. The lowest BCUT2D eigenvalue weighted by Gasteiger charge is -2.44. The van der Waals surface area contributed by atoms with Crippen LogP contribution in [0.4, 0.5) is 4.79 Å². The number of nitrogens with zero attached hydrogens (tertiary/aromatic N) is 1. The number of fused-ring (bicyclic) bond motifs is 1. The lowest BCUT2D eigenvalue weighted by atomic mass is 9.75. The van der Waals surface area contributed by atoms with Gasteiger partial charge in [0.25, 0.3) is 0 Å². The molecular weight excluding hydrogens is 466 g/mol. The Labute approximate surface area is 216 Å². The van der Waals surface area contributed by atoms with Gasteiger partial charge in [-0.15, -0.1) is 11.8 Å². The van der Waals surface area contributed by atoms with Crippen molar-refractivity contribution in [3.05, 3.63) is 114 Å². The molecule has 0 saturated carbocycles. The molecule has 0 spiro atoms. The standard InChI is InChI=1S/C31H31NO3S/c1-35-30-29(26-16-15-23-7-5-6-8-25(23)21-26)28(17-19-32(30)31(33)34)24-13-11-22(12-14-24)18-20-36-27-9-3-2-4-10-27/h2-16,21,28-30H,17-20H2,1H3,(H,33,34). The number of piperidine rings is 1. The SMILES string of the molecule is COC1C(c2ccc3ccccc3c2)C(c2ccc(CCSc3ccccc3)cc2)CCN1C(=O)O. The first kappa shape index (κ1) is 24.4. The van der Waals surface area contributed by atoms with Gasteiger partial charge < -0.3 is 9.84 Å². The predicted molar refractivity (Wildman–Crippen MR) is 147 cm³/mol. The zero-order chi connectivity index (χ0) is 24.9. The summed E-state index contributed by atoms with van der Waals surface area (Å²) in [5.41, 5.74) is 3.66. The van der Waals surface area contributed by atoms with Gasteiger partial charge in [0.05, 0.1) is 0 Å². The molecule has 0 aliphatic carbocycles. The highest BCUT2D eigenvalue weighted by Gasteiger charge is 2.42. The molecule has 5 heteroatoms. The monoisotopic (exact) mass is 497 g/mol. The highest BCUT2D eigenvalue weighted by atomic mass is 32.2. The fourth-order valence-electron chi connectivity index (χ4n) is 5.38. The van der Waals surface area contributed by atoms with Gasteiger partial charge in [0, 0.05) is 30.2 Å². The van der Waals surface area contributed by atoms with Gasteiger partial charge in [-0.2, -0.15) is 0 Å². The third kappa shape index (κ3) is 5.28. The number of rotatable bonds is 7. The molecule has 1 aliphatic heterocycles. The van der Waals surface area contributed by atoms with E-state index in [4.69, 9.17) is 4.74 Å². The van der Waals surface area contributed by atoms with E-state index in [1.165, 1.54) is 26.3 Å². The van der Waals surface area contributed by atoms with Crippen LogP contribution in [0.3, 0.4) is 0 Å². The minimum Gasteiger partial charge on any atom is -0.465 e. The molecule has 1 N–H and O–H groups in total. The van der Waals surface area contributed by atoms with Crippen molar-refractivity contribution in [2.24, 2.45) is 0 Å². The molecule has 4 aromatic rings. The maximum absolute atomic E-state index is 12.0. The van der Waals surface area contributed by atoms with E-state index >= 15 is 0 Å². The third-order valence-corrected chi connectivity index (χ3v) is 8.20.